The average Bonchev–Trinajstić information content (AvgIpc) is 2.92. The highest BCUT2D eigenvalue weighted by Gasteiger charge is 2.34. The van der Waals surface area contributed by atoms with Crippen molar-refractivity contribution in [2.45, 2.75) is 24.3 Å². The molecule has 1 saturated heterocycles. The lowest BCUT2D eigenvalue weighted by atomic mass is 10.2. The van der Waals surface area contributed by atoms with Crippen LogP contribution in [0.2, 0.25) is 5.02 Å². The van der Waals surface area contributed by atoms with Gasteiger partial charge in [-0.25, -0.2) is 8.42 Å². The highest BCUT2D eigenvalue weighted by molar-refractivity contribution is 8.00. The fourth-order valence-electron chi connectivity index (χ4n) is 2.62. The monoisotopic (exact) mass is 405 g/mol. The number of ether oxygens (including phenoxy) is 1. The average molecular weight is 406 g/mol. The van der Waals surface area contributed by atoms with Crippen LogP contribution in [0.15, 0.2) is 29.2 Å². The number of thioether (sulfide) groups is 1. The van der Waals surface area contributed by atoms with Crippen molar-refractivity contribution < 1.29 is 22.7 Å². The van der Waals surface area contributed by atoms with E-state index in [0.717, 1.165) is 4.90 Å². The van der Waals surface area contributed by atoms with Gasteiger partial charge in [0.15, 0.2) is 16.4 Å². The van der Waals surface area contributed by atoms with Crippen LogP contribution < -0.4 is 0 Å². The van der Waals surface area contributed by atoms with Crippen molar-refractivity contribution in [2.75, 3.05) is 30.4 Å². The third-order valence-corrected chi connectivity index (χ3v) is 7.09. The third kappa shape index (κ3) is 5.90. The zero-order valence-electron chi connectivity index (χ0n) is 13.8. The number of benzene rings is 1. The summed E-state index contributed by atoms with van der Waals surface area (Å²) in [5.41, 5.74) is 0. The number of carbonyl (C=O) groups excluding carboxylic acids is 2. The minimum absolute atomic E-state index is 0.0249. The van der Waals surface area contributed by atoms with Crippen molar-refractivity contribution in [3.05, 3.63) is 29.3 Å². The lowest BCUT2D eigenvalue weighted by molar-refractivity contribution is -0.150. The maximum Gasteiger partial charge on any atom is 0.316 e. The second-order valence-electron chi connectivity index (χ2n) is 5.62. The van der Waals surface area contributed by atoms with Crippen molar-refractivity contribution in [2.24, 2.45) is 0 Å². The predicted molar refractivity (Wildman–Crippen MR) is 97.6 cm³/mol. The van der Waals surface area contributed by atoms with Gasteiger partial charge in [0.2, 0.25) is 0 Å². The van der Waals surface area contributed by atoms with Gasteiger partial charge in [0.1, 0.15) is 0 Å². The van der Waals surface area contributed by atoms with Crippen LogP contribution >= 0.6 is 23.4 Å². The maximum absolute atomic E-state index is 12.2. The second kappa shape index (κ2) is 8.91. The van der Waals surface area contributed by atoms with Gasteiger partial charge in [-0.15, -0.1) is 11.8 Å². The summed E-state index contributed by atoms with van der Waals surface area (Å²) in [6, 6.07) is 6.81. The molecular weight excluding hydrogens is 386 g/mol. The van der Waals surface area contributed by atoms with Crippen molar-refractivity contribution in [1.29, 1.82) is 0 Å². The summed E-state index contributed by atoms with van der Waals surface area (Å²) in [7, 11) is -3.08. The number of sulfone groups is 1. The van der Waals surface area contributed by atoms with Crippen molar-refractivity contribution >= 4 is 45.1 Å². The molecule has 0 N–H and O–H groups in total. The first-order valence-electron chi connectivity index (χ1n) is 7.85. The van der Waals surface area contributed by atoms with E-state index in [1.807, 2.05) is 6.07 Å². The van der Waals surface area contributed by atoms with Gasteiger partial charge in [0, 0.05) is 17.5 Å². The minimum Gasteiger partial charge on any atom is -0.455 e. The van der Waals surface area contributed by atoms with Crippen LogP contribution in [-0.2, 0) is 24.2 Å². The summed E-state index contributed by atoms with van der Waals surface area (Å²) in [5, 5.41) is 0.552. The third-order valence-electron chi connectivity index (χ3n) is 3.85. The molecular formula is C16H20ClNO5S2. The molecule has 1 amide bonds. The molecule has 6 nitrogen and oxygen atoms in total. The Labute approximate surface area is 156 Å². The van der Waals surface area contributed by atoms with Crippen LogP contribution in [-0.4, -0.2) is 61.6 Å². The molecule has 25 heavy (non-hydrogen) atoms. The van der Waals surface area contributed by atoms with Crippen molar-refractivity contribution in [1.82, 2.24) is 4.90 Å². The molecule has 138 valence electrons. The minimum atomic E-state index is -3.08. The Morgan fingerprint density at radius 2 is 2.08 bits per heavy atom. The number of rotatable bonds is 7. The van der Waals surface area contributed by atoms with Crippen LogP contribution in [0, 0.1) is 0 Å². The molecule has 1 unspecified atom stereocenters. The lowest BCUT2D eigenvalue weighted by Gasteiger charge is -2.26. The molecule has 1 aliphatic heterocycles. The van der Waals surface area contributed by atoms with Crippen LogP contribution in [0.25, 0.3) is 0 Å². The molecule has 1 heterocycles. The Morgan fingerprint density at radius 3 is 2.68 bits per heavy atom. The first-order valence-corrected chi connectivity index (χ1v) is 11.0. The van der Waals surface area contributed by atoms with E-state index in [9.17, 15) is 18.0 Å². The molecule has 0 aliphatic carbocycles. The summed E-state index contributed by atoms with van der Waals surface area (Å²) in [5.74, 6) is -0.784. The predicted octanol–water partition coefficient (Wildman–Crippen LogP) is 2.01. The molecule has 1 aromatic rings. The van der Waals surface area contributed by atoms with E-state index in [2.05, 4.69) is 0 Å². The number of hydrogen-bond donors (Lipinski definition) is 0. The number of amides is 1. The van der Waals surface area contributed by atoms with Crippen LogP contribution in [0.5, 0.6) is 0 Å². The second-order valence-corrected chi connectivity index (χ2v) is 9.27. The van der Waals surface area contributed by atoms with E-state index in [0.29, 0.717) is 18.0 Å². The standard InChI is InChI=1S/C16H20ClNO5S2/c1-2-18(12-7-8-25(21,22)11-12)15(19)9-23-16(20)10-24-14-6-4-3-5-13(14)17/h3-6,12H,2,7-11H2,1H3. The number of esters is 1. The largest absolute Gasteiger partial charge is 0.455 e. The highest BCUT2D eigenvalue weighted by Crippen LogP contribution is 2.26. The number of hydrogen-bond acceptors (Lipinski definition) is 6. The van der Waals surface area contributed by atoms with E-state index < -0.39 is 15.8 Å². The topological polar surface area (TPSA) is 80.8 Å². The van der Waals surface area contributed by atoms with Gasteiger partial charge >= 0.3 is 5.97 Å². The molecule has 0 bridgehead atoms. The summed E-state index contributed by atoms with van der Waals surface area (Å²) < 4.78 is 28.1. The summed E-state index contributed by atoms with van der Waals surface area (Å²) in [4.78, 5) is 26.3. The normalized spacial score (nSPS) is 18.7. The van der Waals surface area contributed by atoms with Crippen molar-refractivity contribution in [3.63, 3.8) is 0 Å². The lowest BCUT2D eigenvalue weighted by Crippen LogP contribution is -2.43. The van der Waals surface area contributed by atoms with Crippen LogP contribution in [0.1, 0.15) is 13.3 Å². The number of likely N-dealkylation sites (N-methyl/N-ethyl adjacent to an activating group) is 1. The molecule has 1 aromatic carbocycles. The first kappa shape index (κ1) is 20.1. The van der Waals surface area contributed by atoms with Gasteiger partial charge in [-0.3, -0.25) is 9.59 Å². The Hall–Kier alpha value is -1.25. The zero-order chi connectivity index (χ0) is 18.4. The Balaban J connectivity index is 1.80. The molecule has 2 rings (SSSR count). The van der Waals surface area contributed by atoms with Gasteiger partial charge in [-0.1, -0.05) is 23.7 Å². The Kier molecular flexibility index (Phi) is 7.15. The van der Waals surface area contributed by atoms with Gasteiger partial charge in [-0.05, 0) is 25.5 Å². The Morgan fingerprint density at radius 1 is 1.36 bits per heavy atom. The number of carbonyl (C=O) groups is 2. The van der Waals surface area contributed by atoms with E-state index in [1.54, 1.807) is 25.1 Å². The van der Waals surface area contributed by atoms with Crippen LogP contribution in [0.4, 0.5) is 0 Å². The molecule has 0 saturated carbocycles. The highest BCUT2D eigenvalue weighted by atomic mass is 35.5. The quantitative estimate of drug-likeness (QED) is 0.510. The number of halogens is 1. The first-order chi connectivity index (χ1) is 11.8. The maximum atomic E-state index is 12.2. The molecule has 0 aromatic heterocycles. The SMILES string of the molecule is CCN(C(=O)COC(=O)CSc1ccccc1Cl)C1CCS(=O)(=O)C1. The molecule has 1 atom stereocenters. The fourth-order valence-corrected chi connectivity index (χ4v) is 5.39. The zero-order valence-corrected chi connectivity index (χ0v) is 16.2. The molecule has 9 heteroatoms. The summed E-state index contributed by atoms with van der Waals surface area (Å²) in [6.07, 6.45) is 0.429. The van der Waals surface area contributed by atoms with Crippen molar-refractivity contribution in [3.8, 4) is 0 Å². The number of nitrogens with zero attached hydrogens (tertiary/aromatic N) is 1. The van der Waals surface area contributed by atoms with Gasteiger partial charge in [0.25, 0.3) is 5.91 Å². The fraction of sp³-hybridized carbons (Fsp3) is 0.500. The van der Waals surface area contributed by atoms with Gasteiger partial charge in [0.05, 0.1) is 22.3 Å². The summed E-state index contributed by atoms with van der Waals surface area (Å²) in [6.45, 7) is 1.77. The summed E-state index contributed by atoms with van der Waals surface area (Å²) >= 11 is 7.24. The van der Waals surface area contributed by atoms with E-state index in [4.69, 9.17) is 16.3 Å². The molecule has 1 aliphatic rings. The van der Waals surface area contributed by atoms with Crippen LogP contribution in [0.3, 0.4) is 0 Å². The van der Waals surface area contributed by atoms with E-state index in [1.165, 1.54) is 16.7 Å². The molecule has 0 radical (unpaired) electrons. The Bertz CT molecular complexity index is 738. The van der Waals surface area contributed by atoms with Gasteiger partial charge < -0.3 is 9.64 Å². The van der Waals surface area contributed by atoms with E-state index >= 15 is 0 Å². The van der Waals surface area contributed by atoms with Gasteiger partial charge in [-0.2, -0.15) is 0 Å². The molecule has 1 fully saturated rings. The smallest absolute Gasteiger partial charge is 0.316 e. The molecule has 0 spiro atoms. The van der Waals surface area contributed by atoms with E-state index in [-0.39, 0.29) is 35.8 Å².